The van der Waals surface area contributed by atoms with Gasteiger partial charge < -0.3 is 39.4 Å². The Morgan fingerprint density at radius 2 is 0.496 bits per heavy atom. The van der Waals surface area contributed by atoms with Gasteiger partial charge in [0.2, 0.25) is 0 Å². The van der Waals surface area contributed by atoms with Crippen molar-refractivity contribution < 1.29 is 39.4 Å². The Kier molecular flexibility index (Phi) is 27.2. The molecule has 8 nitrogen and oxygen atoms in total. The van der Waals surface area contributed by atoms with Crippen LogP contribution in [0.1, 0.15) is 106 Å². The lowest BCUT2D eigenvalue weighted by molar-refractivity contribution is 0.252. The summed E-state index contributed by atoms with van der Waals surface area (Å²) in [6, 6.07) is 102. The van der Waals surface area contributed by atoms with Gasteiger partial charge in [-0.3, -0.25) is 0 Å². The molecule has 0 saturated heterocycles. The largest absolute Gasteiger partial charge is 0.507 e. The summed E-state index contributed by atoms with van der Waals surface area (Å²) in [5, 5.41) is 58.8. The summed E-state index contributed by atoms with van der Waals surface area (Å²) < 4.78 is 29.3. The van der Waals surface area contributed by atoms with E-state index in [0.717, 1.165) is 186 Å². The van der Waals surface area contributed by atoms with E-state index in [4.69, 9.17) is 18.9 Å². The Morgan fingerprint density at radius 3 is 0.808 bits per heavy atom. The fraction of sp³-hybridized carbons (Fsp3) is 0.150. The second-order valence-electron chi connectivity index (χ2n) is 31.3. The van der Waals surface area contributed by atoms with E-state index in [0.29, 0.717) is 48.7 Å². The number of phenolic OH excluding ortho intramolecular Hbond substituents is 4. The van der Waals surface area contributed by atoms with Gasteiger partial charge in [0.15, 0.2) is 0 Å². The zero-order chi connectivity index (χ0) is 85.2. The van der Waals surface area contributed by atoms with Crippen LogP contribution in [-0.2, 0) is 12.8 Å². The average molecular weight is 1900 g/mol. The molecule has 0 bridgehead atoms. The second-order valence-corrected chi connectivity index (χ2v) is 34.9. The zero-order valence-electron chi connectivity index (χ0n) is 68.7. The summed E-state index contributed by atoms with van der Waals surface area (Å²) in [5.41, 5.74) is 13.8. The lowest BCUT2D eigenvalue weighted by Crippen LogP contribution is -2.03. The van der Waals surface area contributed by atoms with Crippen LogP contribution in [0, 0.1) is 23.7 Å². The molecule has 4 N–H and O–H groups in total. The number of aryl methyl sites for hydroxylation is 2. The van der Waals surface area contributed by atoms with E-state index >= 15 is 0 Å². The van der Waals surface area contributed by atoms with E-state index in [1.54, 1.807) is 24.3 Å². The summed E-state index contributed by atoms with van der Waals surface area (Å²) in [5.74, 6) is 17.8. The molecule has 620 valence electrons. The lowest BCUT2D eigenvalue weighted by atomic mass is 9.91. The number of ether oxygens (including phenoxy) is 4. The van der Waals surface area contributed by atoms with E-state index in [1.165, 1.54) is 60.4 Å². The highest BCUT2D eigenvalue weighted by molar-refractivity contribution is 9.11. The molecule has 125 heavy (non-hydrogen) atoms. The van der Waals surface area contributed by atoms with Crippen molar-refractivity contribution in [3.8, 4) is 114 Å². The van der Waals surface area contributed by atoms with Gasteiger partial charge in [0.1, 0.15) is 46.0 Å². The highest BCUT2D eigenvalue weighted by Crippen LogP contribution is 2.51. The van der Waals surface area contributed by atoms with Gasteiger partial charge in [-0.15, -0.1) is 0 Å². The topological polar surface area (TPSA) is 118 Å². The van der Waals surface area contributed by atoms with E-state index in [-0.39, 0.29) is 30.4 Å². The van der Waals surface area contributed by atoms with Gasteiger partial charge in [0, 0.05) is 97.5 Å². The third-order valence-corrected chi connectivity index (χ3v) is 24.9. The Bertz CT molecular complexity index is 6790. The maximum Gasteiger partial charge on any atom is 0.127 e. The van der Waals surface area contributed by atoms with Crippen LogP contribution in [0.2, 0.25) is 0 Å². The predicted molar refractivity (Wildman–Crippen MR) is 534 cm³/mol. The van der Waals surface area contributed by atoms with E-state index in [9.17, 15) is 20.4 Å². The molecule has 0 unspecified atom stereocenters. The molecule has 18 aromatic carbocycles. The molecule has 0 saturated carbocycles. The first kappa shape index (κ1) is 86.0. The summed E-state index contributed by atoms with van der Waals surface area (Å²) in [4.78, 5) is 0. The fourth-order valence-electron chi connectivity index (χ4n) is 16.8. The monoisotopic (exact) mass is 1890 g/mol. The molecule has 0 fully saturated rings. The van der Waals surface area contributed by atoms with Crippen molar-refractivity contribution in [1.82, 2.24) is 0 Å². The number of hydrogen-bond donors (Lipinski definition) is 4. The highest BCUT2D eigenvalue weighted by atomic mass is 79.9. The van der Waals surface area contributed by atoms with Gasteiger partial charge in [0.25, 0.3) is 0 Å². The first-order valence-corrected chi connectivity index (χ1v) is 45.4. The third kappa shape index (κ3) is 19.2. The summed E-state index contributed by atoms with van der Waals surface area (Å²) in [7, 11) is 0. The number of halogens is 4. The van der Waals surface area contributed by atoms with Gasteiger partial charge in [0.05, 0.1) is 26.4 Å². The minimum atomic E-state index is 0. The predicted octanol–water partition coefficient (Wildman–Crippen LogP) is 31.7. The molecular weight excluding hydrogens is 1800 g/mol. The molecule has 18 aromatic rings. The van der Waals surface area contributed by atoms with Crippen molar-refractivity contribution in [3.63, 3.8) is 0 Å². The van der Waals surface area contributed by atoms with Crippen LogP contribution >= 0.6 is 63.7 Å². The number of aromatic hydroxyl groups is 4. The van der Waals surface area contributed by atoms with Gasteiger partial charge in [-0.1, -0.05) is 292 Å². The average Bonchev–Trinajstić information content (AvgIpc) is 1.46. The van der Waals surface area contributed by atoms with E-state index < -0.39 is 0 Å². The molecular formula is C113H92Br4O8. The SMILES string of the molecule is Brc1ccc2c3c(ccc2c1)OCCCOc1ccc2cc(Br)ccc2c1-3.C.CCCCCc1ccc(C#Cc2ccc3c4c(ccc3c2)OCCCOc2ccc3cc(C#Cc5ccc(CCCCC)cc5)ccc3c2-4)cc1.Oc1ccc2cc(Br)ccc2c1-c1c(O)ccc2cc(Br)ccc12.Oc1ccc2ccccc2c1-c1c(O)ccc2ccccc12. The number of benzene rings is 18. The quantitative estimate of drug-likeness (QED) is 0.0790. The molecule has 0 aromatic heterocycles. The summed E-state index contributed by atoms with van der Waals surface area (Å²) in [6.07, 6.45) is 11.5. The Labute approximate surface area is 763 Å². The molecule has 2 aliphatic heterocycles. The Hall–Kier alpha value is -12.5. The molecule has 0 atom stereocenters. The zero-order valence-corrected chi connectivity index (χ0v) is 75.0. The van der Waals surface area contributed by atoms with Crippen LogP contribution in [0.4, 0.5) is 0 Å². The summed E-state index contributed by atoms with van der Waals surface area (Å²) in [6.45, 7) is 6.99. The molecule has 0 radical (unpaired) electrons. The van der Waals surface area contributed by atoms with Crippen molar-refractivity contribution in [2.24, 2.45) is 0 Å². The maximum atomic E-state index is 10.5. The van der Waals surface area contributed by atoms with E-state index in [2.05, 4.69) is 271 Å². The second kappa shape index (κ2) is 39.6. The van der Waals surface area contributed by atoms with Gasteiger partial charge >= 0.3 is 0 Å². The molecule has 0 amide bonds. The lowest BCUT2D eigenvalue weighted by Gasteiger charge is -2.18. The van der Waals surface area contributed by atoms with Gasteiger partial charge in [-0.25, -0.2) is 0 Å². The van der Waals surface area contributed by atoms with Gasteiger partial charge in [-0.2, -0.15) is 0 Å². The van der Waals surface area contributed by atoms with Crippen LogP contribution in [-0.4, -0.2) is 46.9 Å². The first-order valence-electron chi connectivity index (χ1n) is 42.3. The molecule has 12 heteroatoms. The smallest absolute Gasteiger partial charge is 0.127 e. The van der Waals surface area contributed by atoms with Crippen LogP contribution in [0.15, 0.2) is 321 Å². The molecule has 20 rings (SSSR count). The third-order valence-electron chi connectivity index (χ3n) is 22.9. The molecule has 0 aliphatic carbocycles. The standard InChI is InChI=1S/C49H46O2.C23H16Br2O2.C20H12Br2O2.C20H14O2.CH4/c1-3-5-7-10-36-12-16-38(17-13-36)20-22-40-24-28-44-42(34-40)26-30-46-48(44)49-45-29-25-41(35-43(45)27-31-47(49)51-33-9-32-50-46)23-21-39-18-14-37(15-19-39)11-8-6-4-2;24-16-4-6-18-14(12-16)2-8-20-22(18)23-19-7-5-17(25)13-15(19)3-9-21(23)27-11-1-10-26-20;21-13-3-5-15-11(9-13)1-7-17(23)19(15)20-16-6-4-14(22)10-12(16)2-8-18(20)24;21-17-11-9-13-5-1-3-7-15(13)19(17)20-16-8-4-2-6-14(16)10-12-18(20)22;/h12-19,24-31,34-35H,3-11,32-33H2,1-2H3;2-9,12-13H,1,10-11H2;1-10,23-24H;1-12,21-22H;1H4. The number of fused-ring (bicyclic) bond motifs is 18. The van der Waals surface area contributed by atoms with Crippen LogP contribution in [0.3, 0.4) is 0 Å². The Morgan fingerprint density at radius 1 is 0.248 bits per heavy atom. The number of hydrogen-bond acceptors (Lipinski definition) is 8. The van der Waals surface area contributed by atoms with Crippen molar-refractivity contribution in [2.75, 3.05) is 26.4 Å². The number of unbranched alkanes of at least 4 members (excludes halogenated alkanes) is 4. The van der Waals surface area contributed by atoms with Crippen LogP contribution in [0.5, 0.6) is 46.0 Å². The highest BCUT2D eigenvalue weighted by Gasteiger charge is 2.25. The van der Waals surface area contributed by atoms with Crippen molar-refractivity contribution >= 4 is 150 Å². The van der Waals surface area contributed by atoms with Crippen molar-refractivity contribution in [2.45, 2.75) is 85.5 Å². The molecule has 2 aliphatic rings. The number of rotatable bonds is 10. The van der Waals surface area contributed by atoms with Gasteiger partial charge in [-0.05, 0) is 269 Å². The minimum absolute atomic E-state index is 0. The first-order chi connectivity index (χ1) is 60.7. The molecule has 0 spiro atoms. The number of phenols is 4. The van der Waals surface area contributed by atoms with Crippen LogP contribution in [0.25, 0.3) is 131 Å². The van der Waals surface area contributed by atoms with Crippen LogP contribution < -0.4 is 18.9 Å². The fourth-order valence-corrected chi connectivity index (χ4v) is 18.3. The molecule has 2 heterocycles. The van der Waals surface area contributed by atoms with E-state index in [1.807, 2.05) is 109 Å². The van der Waals surface area contributed by atoms with Crippen molar-refractivity contribution in [1.29, 1.82) is 0 Å². The summed E-state index contributed by atoms with van der Waals surface area (Å²) >= 11 is 14.1. The van der Waals surface area contributed by atoms with Crippen molar-refractivity contribution in [3.05, 3.63) is 355 Å². The maximum absolute atomic E-state index is 10.5. The normalized spacial score (nSPS) is 12.0. The minimum Gasteiger partial charge on any atom is -0.507 e. The Balaban J connectivity index is 0.000000131.